The van der Waals surface area contributed by atoms with E-state index in [1.54, 1.807) is 13.2 Å². The number of aryl methyl sites for hydroxylation is 1. The van der Waals surface area contributed by atoms with Crippen LogP contribution in [0.4, 0.5) is 0 Å². The fourth-order valence-corrected chi connectivity index (χ4v) is 1.82. The van der Waals surface area contributed by atoms with E-state index in [1.807, 2.05) is 6.07 Å². The standard InChI is InChI=1S/C12H15O3Si/c1-3-4-5-9-6-7-10(8-13)12(15-16)11(9)14-2/h6-8H,3-5H2,1-2H3. The van der Waals surface area contributed by atoms with Crippen LogP contribution in [0.5, 0.6) is 11.5 Å². The first kappa shape index (κ1) is 12.8. The maximum absolute atomic E-state index is 10.8. The molecule has 16 heavy (non-hydrogen) atoms. The van der Waals surface area contributed by atoms with Crippen molar-refractivity contribution in [3.05, 3.63) is 23.3 Å². The lowest BCUT2D eigenvalue weighted by molar-refractivity contribution is 0.112. The summed E-state index contributed by atoms with van der Waals surface area (Å²) in [5, 5.41) is 0. The summed E-state index contributed by atoms with van der Waals surface area (Å²) < 4.78 is 10.3. The molecular formula is C12H15O3Si. The summed E-state index contributed by atoms with van der Waals surface area (Å²) in [6.07, 6.45) is 3.86. The Hall–Kier alpha value is -1.29. The zero-order chi connectivity index (χ0) is 12.0. The monoisotopic (exact) mass is 235 g/mol. The average Bonchev–Trinajstić information content (AvgIpc) is 2.34. The number of aldehydes is 1. The normalized spacial score (nSPS) is 9.94. The first-order valence-electron chi connectivity index (χ1n) is 5.27. The molecule has 0 saturated carbocycles. The molecular weight excluding hydrogens is 220 g/mol. The van der Waals surface area contributed by atoms with E-state index in [-0.39, 0.29) is 0 Å². The molecule has 1 aromatic rings. The summed E-state index contributed by atoms with van der Waals surface area (Å²) in [6.45, 7) is 2.13. The number of hydrogen-bond acceptors (Lipinski definition) is 3. The third kappa shape index (κ3) is 2.64. The van der Waals surface area contributed by atoms with Gasteiger partial charge in [-0.25, -0.2) is 0 Å². The van der Waals surface area contributed by atoms with Gasteiger partial charge in [0.2, 0.25) is 0 Å². The highest BCUT2D eigenvalue weighted by molar-refractivity contribution is 6.01. The van der Waals surface area contributed by atoms with Gasteiger partial charge in [0.05, 0.1) is 12.7 Å². The zero-order valence-corrected chi connectivity index (χ0v) is 10.6. The van der Waals surface area contributed by atoms with Crippen LogP contribution < -0.4 is 9.16 Å². The highest BCUT2D eigenvalue weighted by Crippen LogP contribution is 2.34. The maximum Gasteiger partial charge on any atom is 0.341 e. The molecule has 0 fully saturated rings. The molecule has 0 bridgehead atoms. The van der Waals surface area contributed by atoms with Crippen molar-refractivity contribution in [3.8, 4) is 11.5 Å². The molecule has 0 atom stereocenters. The summed E-state index contributed by atoms with van der Waals surface area (Å²) in [5.74, 6) is 1.08. The molecule has 85 valence electrons. The quantitative estimate of drug-likeness (QED) is 0.560. The highest BCUT2D eigenvalue weighted by atomic mass is 28.2. The summed E-state index contributed by atoms with van der Waals surface area (Å²) in [5.41, 5.74) is 1.54. The third-order valence-corrected chi connectivity index (χ3v) is 2.66. The second-order valence-corrected chi connectivity index (χ2v) is 3.70. The van der Waals surface area contributed by atoms with Gasteiger partial charge in [-0.2, -0.15) is 0 Å². The van der Waals surface area contributed by atoms with E-state index >= 15 is 0 Å². The highest BCUT2D eigenvalue weighted by Gasteiger charge is 2.13. The molecule has 0 amide bonds. The van der Waals surface area contributed by atoms with Crippen molar-refractivity contribution in [3.63, 3.8) is 0 Å². The first-order chi connectivity index (χ1) is 7.78. The molecule has 4 heteroatoms. The molecule has 0 aliphatic carbocycles. The van der Waals surface area contributed by atoms with Gasteiger partial charge in [0.1, 0.15) is 0 Å². The fourth-order valence-electron chi connectivity index (χ4n) is 1.60. The van der Waals surface area contributed by atoms with Crippen LogP contribution in [0.25, 0.3) is 0 Å². The molecule has 3 nitrogen and oxygen atoms in total. The van der Waals surface area contributed by atoms with E-state index in [9.17, 15) is 4.79 Å². The van der Waals surface area contributed by atoms with E-state index < -0.39 is 0 Å². The summed E-state index contributed by atoms with van der Waals surface area (Å²) in [7, 11) is 4.53. The topological polar surface area (TPSA) is 35.5 Å². The van der Waals surface area contributed by atoms with Crippen LogP contribution in [0.15, 0.2) is 12.1 Å². The van der Waals surface area contributed by atoms with Crippen LogP contribution in [0, 0.1) is 0 Å². The van der Waals surface area contributed by atoms with Gasteiger partial charge >= 0.3 is 10.5 Å². The van der Waals surface area contributed by atoms with Crippen LogP contribution in [0.1, 0.15) is 35.7 Å². The molecule has 3 radical (unpaired) electrons. The molecule has 0 unspecified atom stereocenters. The van der Waals surface area contributed by atoms with Gasteiger partial charge in [0.15, 0.2) is 17.8 Å². The van der Waals surface area contributed by atoms with Gasteiger partial charge in [0.25, 0.3) is 0 Å². The van der Waals surface area contributed by atoms with Crippen molar-refractivity contribution >= 4 is 16.8 Å². The van der Waals surface area contributed by atoms with Crippen LogP contribution in [0.3, 0.4) is 0 Å². The number of benzene rings is 1. The lowest BCUT2D eigenvalue weighted by Crippen LogP contribution is -2.00. The lowest BCUT2D eigenvalue weighted by atomic mass is 10.0. The number of hydrogen-bond donors (Lipinski definition) is 0. The number of carbonyl (C=O) groups excluding carboxylic acids is 1. The maximum atomic E-state index is 10.8. The molecule has 1 aromatic carbocycles. The van der Waals surface area contributed by atoms with Gasteiger partial charge < -0.3 is 9.16 Å². The number of carbonyl (C=O) groups is 1. The number of methoxy groups -OCH3 is 1. The number of ether oxygens (including phenoxy) is 1. The Labute approximate surface area is 99.3 Å². The van der Waals surface area contributed by atoms with E-state index in [2.05, 4.69) is 17.4 Å². The van der Waals surface area contributed by atoms with Crippen LogP contribution in [-0.2, 0) is 6.42 Å². The van der Waals surface area contributed by atoms with E-state index in [0.717, 1.165) is 31.1 Å². The first-order valence-corrected chi connectivity index (χ1v) is 5.67. The zero-order valence-electron chi connectivity index (χ0n) is 9.58. The predicted octanol–water partition coefficient (Wildman–Crippen LogP) is 2.31. The number of unbranched alkanes of at least 4 members (excludes halogenated alkanes) is 1. The second kappa shape index (κ2) is 6.32. The Morgan fingerprint density at radius 1 is 1.38 bits per heavy atom. The predicted molar refractivity (Wildman–Crippen MR) is 63.4 cm³/mol. The van der Waals surface area contributed by atoms with E-state index in [1.165, 1.54) is 0 Å². The van der Waals surface area contributed by atoms with E-state index in [4.69, 9.17) is 9.16 Å². The van der Waals surface area contributed by atoms with Gasteiger partial charge in [-0.05, 0) is 24.5 Å². The van der Waals surface area contributed by atoms with Crippen molar-refractivity contribution in [1.29, 1.82) is 0 Å². The van der Waals surface area contributed by atoms with Crippen molar-refractivity contribution < 1.29 is 14.0 Å². The molecule has 0 aliphatic heterocycles. The van der Waals surface area contributed by atoms with Gasteiger partial charge in [-0.3, -0.25) is 4.79 Å². The van der Waals surface area contributed by atoms with Gasteiger partial charge in [-0.1, -0.05) is 19.4 Å². The average molecular weight is 235 g/mol. The number of rotatable bonds is 6. The minimum atomic E-state index is 0.447. The van der Waals surface area contributed by atoms with Crippen LogP contribution in [-0.4, -0.2) is 23.9 Å². The smallest absolute Gasteiger partial charge is 0.341 e. The van der Waals surface area contributed by atoms with Crippen LogP contribution >= 0.6 is 0 Å². The minimum absolute atomic E-state index is 0.447. The molecule has 0 spiro atoms. The molecule has 0 heterocycles. The van der Waals surface area contributed by atoms with Crippen molar-refractivity contribution in [2.75, 3.05) is 7.11 Å². The Kier molecular flexibility index (Phi) is 5.05. The van der Waals surface area contributed by atoms with Crippen LogP contribution in [0.2, 0.25) is 0 Å². The Morgan fingerprint density at radius 3 is 2.62 bits per heavy atom. The minimum Gasteiger partial charge on any atom is -0.537 e. The molecule has 0 saturated heterocycles. The largest absolute Gasteiger partial charge is 0.537 e. The summed E-state index contributed by atoms with van der Waals surface area (Å²) >= 11 is 0. The van der Waals surface area contributed by atoms with Crippen molar-refractivity contribution in [2.24, 2.45) is 0 Å². The summed E-state index contributed by atoms with van der Waals surface area (Å²) in [4.78, 5) is 10.8. The second-order valence-electron chi connectivity index (χ2n) is 3.50. The lowest BCUT2D eigenvalue weighted by Gasteiger charge is -2.14. The molecule has 0 N–H and O–H groups in total. The Morgan fingerprint density at radius 2 is 2.12 bits per heavy atom. The molecule has 1 rings (SSSR count). The van der Waals surface area contributed by atoms with E-state index in [0.29, 0.717) is 17.1 Å². The SMILES string of the molecule is CCCCc1ccc(C=O)c(O[Si])c1OC. The van der Waals surface area contributed by atoms with Gasteiger partial charge in [0, 0.05) is 0 Å². The Bertz CT molecular complexity index is 364. The third-order valence-electron chi connectivity index (χ3n) is 2.46. The fraction of sp³-hybridized carbons (Fsp3) is 0.417. The van der Waals surface area contributed by atoms with Crippen molar-refractivity contribution in [2.45, 2.75) is 26.2 Å². The van der Waals surface area contributed by atoms with Gasteiger partial charge in [-0.15, -0.1) is 0 Å². The molecule has 0 aromatic heterocycles. The summed E-state index contributed by atoms with van der Waals surface area (Å²) in [6, 6.07) is 3.66. The van der Waals surface area contributed by atoms with Crippen molar-refractivity contribution in [1.82, 2.24) is 0 Å². The molecule has 0 aliphatic rings. The Balaban J connectivity index is 3.14.